The minimum atomic E-state index is 0.716. The van der Waals surface area contributed by atoms with Crippen LogP contribution in [0.5, 0.6) is 0 Å². The third kappa shape index (κ3) is 2.80. The Morgan fingerprint density at radius 3 is 2.57 bits per heavy atom. The molecule has 108 valence electrons. The summed E-state index contributed by atoms with van der Waals surface area (Å²) in [6.45, 7) is 1.62. The zero-order valence-electron chi connectivity index (χ0n) is 11.8. The Hall–Kier alpha value is -1.84. The van der Waals surface area contributed by atoms with Crippen molar-refractivity contribution in [3.63, 3.8) is 0 Å². The molecule has 1 heterocycles. The van der Waals surface area contributed by atoms with Crippen LogP contribution in [0.3, 0.4) is 0 Å². The van der Waals surface area contributed by atoms with Gasteiger partial charge in [0.2, 0.25) is 0 Å². The van der Waals surface area contributed by atoms with E-state index in [1.807, 2.05) is 42.5 Å². The van der Waals surface area contributed by atoms with Gasteiger partial charge in [-0.3, -0.25) is 0 Å². The van der Waals surface area contributed by atoms with Gasteiger partial charge in [0, 0.05) is 12.1 Å². The standard InChI is InChI=1S/C17H18ClN3/c18-14-8-2-1-7-13(14)17-20-15-9-3-4-10-16(15)21(17)12-6-5-11-19/h1-4,7-10H,5-6,11-12,19H2. The van der Waals surface area contributed by atoms with Gasteiger partial charge in [-0.2, -0.15) is 0 Å². The molecule has 0 radical (unpaired) electrons. The molecule has 0 spiro atoms. The minimum Gasteiger partial charge on any atom is -0.330 e. The van der Waals surface area contributed by atoms with Crippen molar-refractivity contribution in [2.75, 3.05) is 6.54 Å². The lowest BCUT2D eigenvalue weighted by molar-refractivity contribution is 0.631. The first-order valence-electron chi connectivity index (χ1n) is 7.21. The van der Waals surface area contributed by atoms with Gasteiger partial charge >= 0.3 is 0 Å². The first kappa shape index (κ1) is 14.1. The van der Waals surface area contributed by atoms with E-state index in [1.54, 1.807) is 0 Å². The summed E-state index contributed by atoms with van der Waals surface area (Å²) in [6, 6.07) is 16.0. The quantitative estimate of drug-likeness (QED) is 0.721. The van der Waals surface area contributed by atoms with Crippen molar-refractivity contribution in [2.24, 2.45) is 5.73 Å². The summed E-state index contributed by atoms with van der Waals surface area (Å²) in [5.74, 6) is 0.929. The SMILES string of the molecule is NCCCCn1c(-c2ccccc2Cl)nc2ccccc21. The second kappa shape index (κ2) is 6.29. The van der Waals surface area contributed by atoms with Crippen LogP contribution in [0.1, 0.15) is 12.8 Å². The van der Waals surface area contributed by atoms with E-state index >= 15 is 0 Å². The molecule has 0 saturated heterocycles. The van der Waals surface area contributed by atoms with Gasteiger partial charge in [0.1, 0.15) is 5.82 Å². The third-order valence-corrected chi connectivity index (χ3v) is 3.93. The van der Waals surface area contributed by atoms with Crippen LogP contribution in [0.4, 0.5) is 0 Å². The van der Waals surface area contributed by atoms with Gasteiger partial charge in [0.25, 0.3) is 0 Å². The van der Waals surface area contributed by atoms with Crippen molar-refractivity contribution in [1.82, 2.24) is 9.55 Å². The van der Waals surface area contributed by atoms with Crippen LogP contribution in [0.25, 0.3) is 22.4 Å². The van der Waals surface area contributed by atoms with Crippen molar-refractivity contribution < 1.29 is 0 Å². The Morgan fingerprint density at radius 2 is 1.76 bits per heavy atom. The molecule has 0 atom stereocenters. The maximum absolute atomic E-state index is 6.35. The first-order valence-corrected chi connectivity index (χ1v) is 7.59. The second-order valence-electron chi connectivity index (χ2n) is 5.05. The molecule has 2 aromatic carbocycles. The highest BCUT2D eigenvalue weighted by atomic mass is 35.5. The average molecular weight is 300 g/mol. The smallest absolute Gasteiger partial charge is 0.142 e. The predicted octanol–water partition coefficient (Wildman–Crippen LogP) is 4.10. The van der Waals surface area contributed by atoms with Crippen LogP contribution in [0, 0.1) is 0 Å². The predicted molar refractivity (Wildman–Crippen MR) is 88.5 cm³/mol. The molecule has 21 heavy (non-hydrogen) atoms. The number of halogens is 1. The molecule has 3 nitrogen and oxygen atoms in total. The Labute approximate surface area is 129 Å². The van der Waals surface area contributed by atoms with Crippen molar-refractivity contribution in [1.29, 1.82) is 0 Å². The van der Waals surface area contributed by atoms with Crippen LogP contribution in [-0.4, -0.2) is 16.1 Å². The van der Waals surface area contributed by atoms with Crippen molar-refractivity contribution in [3.05, 3.63) is 53.6 Å². The number of benzene rings is 2. The van der Waals surface area contributed by atoms with E-state index in [9.17, 15) is 0 Å². The van der Waals surface area contributed by atoms with Gasteiger partial charge in [0.05, 0.1) is 16.1 Å². The van der Waals surface area contributed by atoms with Crippen LogP contribution < -0.4 is 5.73 Å². The summed E-state index contributed by atoms with van der Waals surface area (Å²) in [4.78, 5) is 4.77. The average Bonchev–Trinajstić information content (AvgIpc) is 2.87. The molecule has 0 unspecified atom stereocenters. The molecule has 0 aliphatic heterocycles. The number of nitrogens with two attached hydrogens (primary N) is 1. The highest BCUT2D eigenvalue weighted by Crippen LogP contribution is 2.30. The number of fused-ring (bicyclic) bond motifs is 1. The molecular weight excluding hydrogens is 282 g/mol. The second-order valence-corrected chi connectivity index (χ2v) is 5.46. The van der Waals surface area contributed by atoms with Gasteiger partial charge in [0.15, 0.2) is 0 Å². The Balaban J connectivity index is 2.12. The summed E-state index contributed by atoms with van der Waals surface area (Å²) in [5.41, 5.74) is 8.73. The zero-order valence-corrected chi connectivity index (χ0v) is 12.6. The van der Waals surface area contributed by atoms with E-state index < -0.39 is 0 Å². The number of nitrogens with zero attached hydrogens (tertiary/aromatic N) is 2. The fourth-order valence-electron chi connectivity index (χ4n) is 2.56. The first-order chi connectivity index (χ1) is 10.3. The molecule has 0 aliphatic rings. The Bertz CT molecular complexity index is 749. The van der Waals surface area contributed by atoms with Gasteiger partial charge in [-0.05, 0) is 43.7 Å². The number of aryl methyl sites for hydroxylation is 1. The Morgan fingerprint density at radius 1 is 1.00 bits per heavy atom. The van der Waals surface area contributed by atoms with E-state index in [1.165, 1.54) is 0 Å². The summed E-state index contributed by atoms with van der Waals surface area (Å²) >= 11 is 6.35. The number of imidazole rings is 1. The molecule has 0 bridgehead atoms. The normalized spacial score (nSPS) is 11.1. The minimum absolute atomic E-state index is 0.716. The molecule has 1 aromatic heterocycles. The summed E-state index contributed by atoms with van der Waals surface area (Å²) in [6.07, 6.45) is 2.04. The van der Waals surface area contributed by atoms with Gasteiger partial charge in [-0.15, -0.1) is 0 Å². The van der Waals surface area contributed by atoms with Crippen LogP contribution >= 0.6 is 11.6 Å². The molecule has 3 rings (SSSR count). The number of para-hydroxylation sites is 2. The van der Waals surface area contributed by atoms with E-state index in [0.717, 1.165) is 46.8 Å². The van der Waals surface area contributed by atoms with Gasteiger partial charge in [-0.25, -0.2) is 4.98 Å². The molecule has 0 amide bonds. The van der Waals surface area contributed by atoms with Crippen molar-refractivity contribution >= 4 is 22.6 Å². The lowest BCUT2D eigenvalue weighted by Gasteiger charge is -2.10. The largest absolute Gasteiger partial charge is 0.330 e. The van der Waals surface area contributed by atoms with Crippen molar-refractivity contribution in [3.8, 4) is 11.4 Å². The maximum Gasteiger partial charge on any atom is 0.142 e. The summed E-state index contributed by atoms with van der Waals surface area (Å²) in [7, 11) is 0. The van der Waals surface area contributed by atoms with E-state index in [4.69, 9.17) is 22.3 Å². The van der Waals surface area contributed by atoms with Gasteiger partial charge in [-0.1, -0.05) is 35.9 Å². The van der Waals surface area contributed by atoms with Gasteiger partial charge < -0.3 is 10.3 Å². The topological polar surface area (TPSA) is 43.8 Å². The molecule has 4 heteroatoms. The van der Waals surface area contributed by atoms with E-state index in [-0.39, 0.29) is 0 Å². The maximum atomic E-state index is 6.35. The number of hydrogen-bond donors (Lipinski definition) is 1. The fraction of sp³-hybridized carbons (Fsp3) is 0.235. The third-order valence-electron chi connectivity index (χ3n) is 3.61. The summed E-state index contributed by atoms with van der Waals surface area (Å²) in [5, 5.41) is 0.730. The molecular formula is C17H18ClN3. The fourth-order valence-corrected chi connectivity index (χ4v) is 2.78. The van der Waals surface area contributed by atoms with Crippen LogP contribution in [-0.2, 0) is 6.54 Å². The monoisotopic (exact) mass is 299 g/mol. The van der Waals surface area contributed by atoms with E-state index in [0.29, 0.717) is 6.54 Å². The molecule has 0 fully saturated rings. The highest BCUT2D eigenvalue weighted by Gasteiger charge is 2.14. The molecule has 0 saturated carbocycles. The molecule has 0 aliphatic carbocycles. The lowest BCUT2D eigenvalue weighted by Crippen LogP contribution is -2.04. The number of hydrogen-bond acceptors (Lipinski definition) is 2. The molecule has 3 aromatic rings. The summed E-state index contributed by atoms with van der Waals surface area (Å²) < 4.78 is 2.24. The Kier molecular flexibility index (Phi) is 4.23. The van der Waals surface area contributed by atoms with E-state index in [2.05, 4.69) is 10.6 Å². The highest BCUT2D eigenvalue weighted by molar-refractivity contribution is 6.33. The van der Waals surface area contributed by atoms with Crippen LogP contribution in [0.2, 0.25) is 5.02 Å². The molecule has 2 N–H and O–H groups in total. The van der Waals surface area contributed by atoms with Crippen molar-refractivity contribution in [2.45, 2.75) is 19.4 Å². The zero-order chi connectivity index (χ0) is 14.7. The number of unbranched alkanes of at least 4 members (excludes halogenated alkanes) is 1. The number of rotatable bonds is 5. The van der Waals surface area contributed by atoms with Crippen LogP contribution in [0.15, 0.2) is 48.5 Å². The lowest BCUT2D eigenvalue weighted by atomic mass is 10.2. The number of aromatic nitrogens is 2.